The summed E-state index contributed by atoms with van der Waals surface area (Å²) in [5.74, 6) is 0. The van der Waals surface area contributed by atoms with Crippen LogP contribution in [0, 0.1) is 0 Å². The number of benzene rings is 3. The Labute approximate surface area is 161 Å². The molecule has 3 N–H and O–H groups in total. The molecule has 0 aromatic heterocycles. The Balaban J connectivity index is 1.48. The van der Waals surface area contributed by atoms with E-state index in [1.54, 1.807) is 0 Å². The lowest BCUT2D eigenvalue weighted by molar-refractivity contribution is 0.685. The third-order valence-corrected chi connectivity index (χ3v) is 5.04. The fourth-order valence-electron chi connectivity index (χ4n) is 3.38. The molecule has 6 aliphatic rings. The zero-order valence-electron chi connectivity index (χ0n) is 15.7. The summed E-state index contributed by atoms with van der Waals surface area (Å²) in [5.41, 5.74) is 7.92. The second-order valence-corrected chi connectivity index (χ2v) is 7.26. The van der Waals surface area contributed by atoms with Crippen LogP contribution >= 0.6 is 0 Å². The zero-order valence-corrected chi connectivity index (χ0v) is 15.7. The SMILES string of the molecule is c1cc2ccc1CNCc1ccc(cc1)CNCc1ccc(cc1)CNC2. The van der Waals surface area contributed by atoms with Gasteiger partial charge in [0.05, 0.1) is 0 Å². The fourth-order valence-corrected chi connectivity index (χ4v) is 3.38. The Kier molecular flexibility index (Phi) is 5.95. The van der Waals surface area contributed by atoms with E-state index in [9.17, 15) is 0 Å². The van der Waals surface area contributed by atoms with Gasteiger partial charge in [0.1, 0.15) is 0 Å². The molecule has 0 amide bonds. The summed E-state index contributed by atoms with van der Waals surface area (Å²) in [5, 5.41) is 10.6. The molecular formula is C24H27N3. The van der Waals surface area contributed by atoms with Crippen molar-refractivity contribution in [1.29, 1.82) is 0 Å². The molecule has 138 valence electrons. The first-order valence-electron chi connectivity index (χ1n) is 9.71. The van der Waals surface area contributed by atoms with E-state index < -0.39 is 0 Å². The molecule has 0 radical (unpaired) electrons. The van der Waals surface area contributed by atoms with Gasteiger partial charge in [-0.05, 0) is 33.4 Å². The van der Waals surface area contributed by atoms with Crippen molar-refractivity contribution < 1.29 is 0 Å². The molecule has 0 saturated carbocycles. The lowest BCUT2D eigenvalue weighted by atomic mass is 10.1. The Morgan fingerprint density at radius 1 is 0.296 bits per heavy atom. The Hall–Kier alpha value is -2.46. The summed E-state index contributed by atoms with van der Waals surface area (Å²) < 4.78 is 0. The maximum atomic E-state index is 3.54. The molecule has 9 rings (SSSR count). The highest BCUT2D eigenvalue weighted by Crippen LogP contribution is 2.09. The molecule has 27 heavy (non-hydrogen) atoms. The van der Waals surface area contributed by atoms with Crippen molar-refractivity contribution in [3.8, 4) is 0 Å². The van der Waals surface area contributed by atoms with Crippen LogP contribution in [0.5, 0.6) is 0 Å². The molecule has 6 bridgehead atoms. The molecule has 0 saturated heterocycles. The summed E-state index contributed by atoms with van der Waals surface area (Å²) in [4.78, 5) is 0. The van der Waals surface area contributed by atoms with Gasteiger partial charge < -0.3 is 16.0 Å². The van der Waals surface area contributed by atoms with Gasteiger partial charge in [-0.15, -0.1) is 0 Å². The first kappa shape index (κ1) is 17.9. The second-order valence-electron chi connectivity index (χ2n) is 7.26. The van der Waals surface area contributed by atoms with Crippen molar-refractivity contribution in [2.45, 2.75) is 39.3 Å². The molecule has 6 aliphatic heterocycles. The van der Waals surface area contributed by atoms with Gasteiger partial charge in [-0.2, -0.15) is 0 Å². The van der Waals surface area contributed by atoms with Crippen molar-refractivity contribution in [1.82, 2.24) is 16.0 Å². The first-order chi connectivity index (χ1) is 13.3. The van der Waals surface area contributed by atoms with Gasteiger partial charge in [0.2, 0.25) is 0 Å². The van der Waals surface area contributed by atoms with Crippen LogP contribution in [-0.2, 0) is 39.3 Å². The molecule has 0 aliphatic carbocycles. The maximum Gasteiger partial charge on any atom is 0.0208 e. The minimum Gasteiger partial charge on any atom is -0.309 e. The van der Waals surface area contributed by atoms with Crippen molar-refractivity contribution in [2.75, 3.05) is 0 Å². The standard InChI is InChI=1S/C24H27N3/c1-2-20-4-3-19(1)13-25-15-21-5-7-23(8-6-21)17-27-18-24-11-9-22(10-12-24)16-26-14-20/h1-12,25-27H,13-18H2. The van der Waals surface area contributed by atoms with Crippen molar-refractivity contribution in [3.63, 3.8) is 0 Å². The summed E-state index contributed by atoms with van der Waals surface area (Å²) in [6.07, 6.45) is 0. The zero-order chi connectivity index (χ0) is 18.3. The smallest absolute Gasteiger partial charge is 0.0208 e. The summed E-state index contributed by atoms with van der Waals surface area (Å²) in [6, 6.07) is 26.6. The van der Waals surface area contributed by atoms with Crippen LogP contribution in [0.2, 0.25) is 0 Å². The highest BCUT2D eigenvalue weighted by atomic mass is 14.9. The monoisotopic (exact) mass is 357 g/mol. The van der Waals surface area contributed by atoms with Crippen molar-refractivity contribution in [2.24, 2.45) is 0 Å². The normalized spacial score (nSPS) is 15.6. The highest BCUT2D eigenvalue weighted by Gasteiger charge is 2.00. The molecule has 3 aromatic carbocycles. The molecular weight excluding hydrogens is 330 g/mol. The number of hydrogen-bond donors (Lipinski definition) is 3. The van der Waals surface area contributed by atoms with E-state index in [0.29, 0.717) is 0 Å². The average molecular weight is 358 g/mol. The van der Waals surface area contributed by atoms with Crippen molar-refractivity contribution in [3.05, 3.63) is 106 Å². The largest absolute Gasteiger partial charge is 0.309 e. The minimum atomic E-state index is 0.892. The predicted octanol–water partition coefficient (Wildman–Crippen LogP) is 3.87. The van der Waals surface area contributed by atoms with Crippen LogP contribution in [0.4, 0.5) is 0 Å². The van der Waals surface area contributed by atoms with Crippen molar-refractivity contribution >= 4 is 0 Å². The van der Waals surface area contributed by atoms with Gasteiger partial charge in [-0.1, -0.05) is 72.8 Å². The predicted molar refractivity (Wildman–Crippen MR) is 111 cm³/mol. The van der Waals surface area contributed by atoms with Crippen LogP contribution in [0.1, 0.15) is 33.4 Å². The second kappa shape index (κ2) is 8.96. The number of hydrogen-bond acceptors (Lipinski definition) is 3. The molecule has 3 aromatic rings. The topological polar surface area (TPSA) is 36.1 Å². The van der Waals surface area contributed by atoms with E-state index >= 15 is 0 Å². The Morgan fingerprint density at radius 3 is 0.593 bits per heavy atom. The quantitative estimate of drug-likeness (QED) is 0.572. The van der Waals surface area contributed by atoms with E-state index in [1.807, 2.05) is 0 Å². The Morgan fingerprint density at radius 2 is 0.444 bits per heavy atom. The number of nitrogens with one attached hydrogen (secondary N) is 3. The van der Waals surface area contributed by atoms with E-state index in [4.69, 9.17) is 0 Å². The van der Waals surface area contributed by atoms with E-state index in [1.165, 1.54) is 33.4 Å². The van der Waals surface area contributed by atoms with Gasteiger partial charge >= 0.3 is 0 Å². The fraction of sp³-hybridized carbons (Fsp3) is 0.250. The first-order valence-corrected chi connectivity index (χ1v) is 9.71. The average Bonchev–Trinajstić information content (AvgIpc) is 2.71. The van der Waals surface area contributed by atoms with Crippen LogP contribution < -0.4 is 16.0 Å². The summed E-state index contributed by atoms with van der Waals surface area (Å²) in [6.45, 7) is 5.35. The molecule has 3 nitrogen and oxygen atoms in total. The Bertz CT molecular complexity index is 650. The molecule has 0 spiro atoms. The summed E-state index contributed by atoms with van der Waals surface area (Å²) in [7, 11) is 0. The lowest BCUT2D eigenvalue weighted by Crippen LogP contribution is -2.14. The van der Waals surface area contributed by atoms with Crippen LogP contribution in [0.3, 0.4) is 0 Å². The third kappa shape index (κ3) is 5.27. The van der Waals surface area contributed by atoms with Gasteiger partial charge in [0, 0.05) is 39.3 Å². The number of rotatable bonds is 0. The van der Waals surface area contributed by atoms with Crippen LogP contribution in [0.25, 0.3) is 0 Å². The minimum absolute atomic E-state index is 0.892. The van der Waals surface area contributed by atoms with Gasteiger partial charge in [-0.3, -0.25) is 0 Å². The third-order valence-electron chi connectivity index (χ3n) is 5.04. The molecule has 6 heterocycles. The van der Waals surface area contributed by atoms with E-state index in [-0.39, 0.29) is 0 Å². The van der Waals surface area contributed by atoms with Gasteiger partial charge in [0.25, 0.3) is 0 Å². The van der Waals surface area contributed by atoms with E-state index in [0.717, 1.165) is 39.3 Å². The van der Waals surface area contributed by atoms with E-state index in [2.05, 4.69) is 88.7 Å². The highest BCUT2D eigenvalue weighted by molar-refractivity contribution is 5.26. The molecule has 0 unspecified atom stereocenters. The van der Waals surface area contributed by atoms with Gasteiger partial charge in [0.15, 0.2) is 0 Å². The van der Waals surface area contributed by atoms with Crippen LogP contribution in [0.15, 0.2) is 72.8 Å². The molecule has 0 fully saturated rings. The molecule has 3 heteroatoms. The molecule has 0 atom stereocenters. The maximum absolute atomic E-state index is 3.54. The summed E-state index contributed by atoms with van der Waals surface area (Å²) >= 11 is 0. The lowest BCUT2D eigenvalue weighted by Gasteiger charge is -2.08. The van der Waals surface area contributed by atoms with Gasteiger partial charge in [-0.25, -0.2) is 0 Å². The van der Waals surface area contributed by atoms with Crippen LogP contribution in [-0.4, -0.2) is 0 Å².